The monoisotopic (exact) mass is 251 g/mol. The fraction of sp³-hybridized carbons (Fsp3) is 0.273. The van der Waals surface area contributed by atoms with Gasteiger partial charge in [-0.05, 0) is 19.1 Å². The van der Waals surface area contributed by atoms with Crippen LogP contribution < -0.4 is 5.32 Å². The maximum absolute atomic E-state index is 4.29. The summed E-state index contributed by atoms with van der Waals surface area (Å²) in [7, 11) is 0. The Hall–Kier alpha value is -1.07. The van der Waals surface area contributed by atoms with Gasteiger partial charge in [0.2, 0.25) is 0 Å². The first kappa shape index (κ1) is 11.4. The van der Waals surface area contributed by atoms with Gasteiger partial charge in [0.25, 0.3) is 0 Å². The summed E-state index contributed by atoms with van der Waals surface area (Å²) >= 11 is 3.44. The molecular weight excluding hydrogens is 238 g/mol. The molecule has 0 amide bonds. The summed E-state index contributed by atoms with van der Waals surface area (Å²) in [5.41, 5.74) is 0. The van der Waals surface area contributed by atoms with Crippen LogP contribution in [0.15, 0.2) is 35.6 Å². The molecule has 0 aliphatic carbocycles. The largest absolute Gasteiger partial charge is 0.362 e. The minimum absolute atomic E-state index is 0.917. The lowest BCUT2D eigenvalue weighted by molar-refractivity contribution is 1.13. The Morgan fingerprint density at radius 2 is 2.31 bits per heavy atom. The van der Waals surface area contributed by atoms with E-state index in [0.717, 1.165) is 22.5 Å². The molecular formula is C11H13N3S2. The Bertz CT molecular complexity index is 428. The van der Waals surface area contributed by atoms with Crippen LogP contribution in [0.2, 0.25) is 0 Å². The lowest BCUT2D eigenvalue weighted by atomic mass is 10.5. The van der Waals surface area contributed by atoms with Crippen LogP contribution >= 0.6 is 23.1 Å². The van der Waals surface area contributed by atoms with Crippen LogP contribution in [0.5, 0.6) is 0 Å². The van der Waals surface area contributed by atoms with Crippen molar-refractivity contribution in [1.82, 2.24) is 9.97 Å². The Labute approximate surface area is 103 Å². The first-order chi connectivity index (χ1) is 7.88. The van der Waals surface area contributed by atoms with Crippen LogP contribution in [-0.2, 0) is 5.75 Å². The molecule has 0 bridgehead atoms. The quantitative estimate of drug-likeness (QED) is 0.828. The van der Waals surface area contributed by atoms with Gasteiger partial charge < -0.3 is 5.32 Å². The van der Waals surface area contributed by atoms with Gasteiger partial charge in [0.1, 0.15) is 0 Å². The molecule has 3 nitrogen and oxygen atoms in total. The van der Waals surface area contributed by atoms with Crippen LogP contribution in [-0.4, -0.2) is 16.5 Å². The number of anilines is 1. The van der Waals surface area contributed by atoms with Crippen molar-refractivity contribution in [1.29, 1.82) is 0 Å². The molecule has 1 N–H and O–H groups in total. The maximum atomic E-state index is 4.29. The van der Waals surface area contributed by atoms with Gasteiger partial charge in [-0.1, -0.05) is 6.07 Å². The third-order valence-corrected chi connectivity index (χ3v) is 4.01. The SMILES string of the molecule is CCNc1ncc(CSc2ccccn2)s1. The van der Waals surface area contributed by atoms with E-state index in [0.29, 0.717) is 0 Å². The zero-order valence-electron chi connectivity index (χ0n) is 9.01. The number of nitrogens with one attached hydrogen (secondary N) is 1. The summed E-state index contributed by atoms with van der Waals surface area (Å²) in [6.07, 6.45) is 3.75. The van der Waals surface area contributed by atoms with Gasteiger partial charge in [0.05, 0.1) is 5.03 Å². The summed E-state index contributed by atoms with van der Waals surface area (Å²) in [6, 6.07) is 5.96. The van der Waals surface area contributed by atoms with Crippen molar-refractivity contribution in [3.8, 4) is 0 Å². The zero-order valence-corrected chi connectivity index (χ0v) is 10.6. The van der Waals surface area contributed by atoms with Gasteiger partial charge in [0, 0.05) is 29.6 Å². The van der Waals surface area contributed by atoms with E-state index in [9.17, 15) is 0 Å². The number of thiazole rings is 1. The van der Waals surface area contributed by atoms with E-state index in [1.165, 1.54) is 4.88 Å². The highest BCUT2D eigenvalue weighted by Crippen LogP contribution is 2.25. The molecule has 0 aromatic carbocycles. The number of hydrogen-bond donors (Lipinski definition) is 1. The second kappa shape index (κ2) is 5.86. The van der Waals surface area contributed by atoms with Gasteiger partial charge in [0.15, 0.2) is 5.13 Å². The molecule has 0 aliphatic rings. The van der Waals surface area contributed by atoms with E-state index >= 15 is 0 Å². The van der Waals surface area contributed by atoms with Crippen molar-refractivity contribution in [2.24, 2.45) is 0 Å². The normalized spacial score (nSPS) is 10.3. The fourth-order valence-corrected chi connectivity index (χ4v) is 2.95. The highest BCUT2D eigenvalue weighted by atomic mass is 32.2. The first-order valence-electron chi connectivity index (χ1n) is 5.11. The van der Waals surface area contributed by atoms with Crippen LogP contribution in [0.4, 0.5) is 5.13 Å². The smallest absolute Gasteiger partial charge is 0.182 e. The Balaban J connectivity index is 1.89. The zero-order chi connectivity index (χ0) is 11.2. The third-order valence-electron chi connectivity index (χ3n) is 1.88. The number of rotatable bonds is 5. The lowest BCUT2D eigenvalue weighted by Gasteiger charge is -1.97. The number of nitrogens with zero attached hydrogens (tertiary/aromatic N) is 2. The van der Waals surface area contributed by atoms with Crippen LogP contribution in [0, 0.1) is 0 Å². The Kier molecular flexibility index (Phi) is 4.18. The van der Waals surface area contributed by atoms with Gasteiger partial charge in [-0.2, -0.15) is 0 Å². The Morgan fingerprint density at radius 3 is 3.06 bits per heavy atom. The fourth-order valence-electron chi connectivity index (χ4n) is 1.18. The first-order valence-corrected chi connectivity index (χ1v) is 6.91. The molecule has 2 rings (SSSR count). The average Bonchev–Trinajstić information content (AvgIpc) is 2.76. The van der Waals surface area contributed by atoms with Gasteiger partial charge in [-0.25, -0.2) is 9.97 Å². The molecule has 0 unspecified atom stereocenters. The summed E-state index contributed by atoms with van der Waals surface area (Å²) in [5.74, 6) is 0.931. The second-order valence-corrected chi connectivity index (χ2v) is 5.23. The van der Waals surface area contributed by atoms with E-state index in [1.807, 2.05) is 30.6 Å². The van der Waals surface area contributed by atoms with Crippen molar-refractivity contribution >= 4 is 28.2 Å². The molecule has 0 saturated carbocycles. The minimum Gasteiger partial charge on any atom is -0.362 e. The second-order valence-electron chi connectivity index (χ2n) is 3.12. The van der Waals surface area contributed by atoms with Crippen molar-refractivity contribution in [3.05, 3.63) is 35.5 Å². The average molecular weight is 251 g/mol. The molecule has 0 radical (unpaired) electrons. The summed E-state index contributed by atoms with van der Waals surface area (Å²) < 4.78 is 0. The summed E-state index contributed by atoms with van der Waals surface area (Å²) in [5, 5.41) is 5.26. The van der Waals surface area contributed by atoms with Crippen molar-refractivity contribution in [3.63, 3.8) is 0 Å². The summed E-state index contributed by atoms with van der Waals surface area (Å²) in [4.78, 5) is 9.83. The van der Waals surface area contributed by atoms with Crippen molar-refractivity contribution < 1.29 is 0 Å². The van der Waals surface area contributed by atoms with Crippen LogP contribution in [0.1, 0.15) is 11.8 Å². The number of pyridine rings is 1. The van der Waals surface area contributed by atoms with E-state index in [4.69, 9.17) is 0 Å². The topological polar surface area (TPSA) is 37.8 Å². The molecule has 5 heteroatoms. The summed E-state index contributed by atoms with van der Waals surface area (Å²) in [6.45, 7) is 2.99. The van der Waals surface area contributed by atoms with E-state index < -0.39 is 0 Å². The standard InChI is InChI=1S/C11H13N3S2/c1-2-12-11-14-7-9(16-11)8-15-10-5-3-4-6-13-10/h3-7H,2,8H2,1H3,(H,12,14). The van der Waals surface area contributed by atoms with Gasteiger partial charge in [-0.3, -0.25) is 0 Å². The van der Waals surface area contributed by atoms with E-state index in [2.05, 4.69) is 22.2 Å². The highest BCUT2D eigenvalue weighted by molar-refractivity contribution is 7.98. The molecule has 2 aromatic heterocycles. The highest BCUT2D eigenvalue weighted by Gasteiger charge is 2.02. The van der Waals surface area contributed by atoms with Crippen molar-refractivity contribution in [2.45, 2.75) is 17.7 Å². The predicted octanol–water partition coefficient (Wildman–Crippen LogP) is 3.26. The van der Waals surface area contributed by atoms with E-state index in [1.54, 1.807) is 23.1 Å². The molecule has 16 heavy (non-hydrogen) atoms. The molecule has 2 aromatic rings. The maximum Gasteiger partial charge on any atom is 0.182 e. The number of aromatic nitrogens is 2. The third kappa shape index (κ3) is 3.21. The molecule has 0 aliphatic heterocycles. The van der Waals surface area contributed by atoms with Crippen LogP contribution in [0.25, 0.3) is 0 Å². The minimum atomic E-state index is 0.917. The molecule has 0 spiro atoms. The van der Waals surface area contributed by atoms with Crippen LogP contribution in [0.3, 0.4) is 0 Å². The molecule has 0 fully saturated rings. The molecule has 84 valence electrons. The van der Waals surface area contributed by atoms with Gasteiger partial charge in [-0.15, -0.1) is 23.1 Å². The number of hydrogen-bond acceptors (Lipinski definition) is 5. The molecule has 0 saturated heterocycles. The number of thioether (sulfide) groups is 1. The predicted molar refractivity (Wildman–Crippen MR) is 70.1 cm³/mol. The lowest BCUT2D eigenvalue weighted by Crippen LogP contribution is -1.94. The Morgan fingerprint density at radius 1 is 1.38 bits per heavy atom. The van der Waals surface area contributed by atoms with Crippen molar-refractivity contribution in [2.75, 3.05) is 11.9 Å². The van der Waals surface area contributed by atoms with E-state index in [-0.39, 0.29) is 0 Å². The molecule has 2 heterocycles. The van der Waals surface area contributed by atoms with Gasteiger partial charge >= 0.3 is 0 Å². The molecule has 0 atom stereocenters.